The molecular formula is C33H28FN3O. The molecule has 4 aromatic rings. The number of rotatable bonds is 7. The lowest BCUT2D eigenvalue weighted by atomic mass is 9.87. The lowest BCUT2D eigenvalue weighted by Crippen LogP contribution is -2.22. The van der Waals surface area contributed by atoms with Crippen molar-refractivity contribution >= 4 is 23.0 Å². The van der Waals surface area contributed by atoms with Crippen LogP contribution in [0.2, 0.25) is 0 Å². The van der Waals surface area contributed by atoms with Gasteiger partial charge < -0.3 is 10.6 Å². The smallest absolute Gasteiger partial charge is 0.238 e. The van der Waals surface area contributed by atoms with Gasteiger partial charge in [0.15, 0.2) is 0 Å². The summed E-state index contributed by atoms with van der Waals surface area (Å²) in [6.45, 7) is 0.561. The van der Waals surface area contributed by atoms with E-state index in [-0.39, 0.29) is 11.7 Å². The van der Waals surface area contributed by atoms with Crippen LogP contribution in [-0.4, -0.2) is 25.2 Å². The number of para-hydroxylation sites is 1. The van der Waals surface area contributed by atoms with E-state index in [1.807, 2.05) is 85.9 Å². The van der Waals surface area contributed by atoms with Crippen molar-refractivity contribution in [2.75, 3.05) is 18.9 Å². The zero-order valence-electron chi connectivity index (χ0n) is 21.2. The third-order valence-electron chi connectivity index (χ3n) is 6.54. The zero-order chi connectivity index (χ0) is 26.3. The minimum atomic E-state index is -0.559. The van der Waals surface area contributed by atoms with Crippen LogP contribution in [0.3, 0.4) is 0 Å². The molecule has 5 heteroatoms. The largest absolute Gasteiger partial charge is 0.325 e. The number of aliphatic imine (C=N–C) groups is 1. The summed E-state index contributed by atoms with van der Waals surface area (Å²) in [5, 5.41) is 6.13. The molecule has 1 atom stereocenters. The standard InChI is InChI=1S/C33H28FN3O/c1-35-20-8-11-25-22-30-29(21-26(25)17-14-23-15-18-27(34)19-16-23)31(33(38)37-30)32(24-9-4-2-5-10-24)36-28-12-6-3-7-13-28/h2-7,9-10,12-13,15-16,18-19,21-22,31,35H,14,17,20H2,1H3,(H,37,38). The fourth-order valence-corrected chi connectivity index (χ4v) is 4.66. The lowest BCUT2D eigenvalue weighted by molar-refractivity contribution is -0.115. The highest BCUT2D eigenvalue weighted by atomic mass is 19.1. The molecule has 4 nitrogen and oxygen atoms in total. The van der Waals surface area contributed by atoms with Gasteiger partial charge in [-0.1, -0.05) is 78.6 Å². The van der Waals surface area contributed by atoms with Crippen molar-refractivity contribution in [3.63, 3.8) is 0 Å². The molecule has 1 heterocycles. The third kappa shape index (κ3) is 5.72. The molecule has 0 aliphatic carbocycles. The van der Waals surface area contributed by atoms with Crippen LogP contribution in [-0.2, 0) is 17.6 Å². The highest BCUT2D eigenvalue weighted by molar-refractivity contribution is 6.24. The Morgan fingerprint density at radius 2 is 1.66 bits per heavy atom. The molecule has 1 amide bonds. The number of fused-ring (bicyclic) bond motifs is 1. The number of halogens is 1. The number of carbonyl (C=O) groups excluding carboxylic acids is 1. The Morgan fingerprint density at radius 3 is 2.37 bits per heavy atom. The van der Waals surface area contributed by atoms with Crippen LogP contribution < -0.4 is 10.6 Å². The first-order valence-corrected chi connectivity index (χ1v) is 12.7. The predicted octanol–water partition coefficient (Wildman–Crippen LogP) is 6.04. The Hall–Kier alpha value is -4.53. The lowest BCUT2D eigenvalue weighted by Gasteiger charge is -2.15. The van der Waals surface area contributed by atoms with Gasteiger partial charge in [-0.25, -0.2) is 4.39 Å². The van der Waals surface area contributed by atoms with Crippen LogP contribution in [0.4, 0.5) is 15.8 Å². The maximum Gasteiger partial charge on any atom is 0.238 e. The summed E-state index contributed by atoms with van der Waals surface area (Å²) >= 11 is 0. The molecule has 0 radical (unpaired) electrons. The van der Waals surface area contributed by atoms with Crippen LogP contribution in [0.1, 0.15) is 33.7 Å². The number of anilines is 1. The predicted molar refractivity (Wildman–Crippen MR) is 152 cm³/mol. The molecule has 0 aromatic heterocycles. The third-order valence-corrected chi connectivity index (χ3v) is 6.54. The van der Waals surface area contributed by atoms with Crippen molar-refractivity contribution < 1.29 is 9.18 Å². The Labute approximate surface area is 222 Å². The summed E-state index contributed by atoms with van der Waals surface area (Å²) in [7, 11) is 1.86. The topological polar surface area (TPSA) is 53.5 Å². The first-order valence-electron chi connectivity index (χ1n) is 12.7. The van der Waals surface area contributed by atoms with Crippen molar-refractivity contribution in [2.45, 2.75) is 18.8 Å². The van der Waals surface area contributed by atoms with Gasteiger partial charge in [-0.15, -0.1) is 0 Å². The maximum absolute atomic E-state index is 13.5. The van der Waals surface area contributed by atoms with Crippen molar-refractivity contribution in [1.82, 2.24) is 5.32 Å². The monoisotopic (exact) mass is 501 g/mol. The fraction of sp³-hybridized carbons (Fsp3) is 0.152. The molecule has 5 rings (SSSR count). The molecule has 188 valence electrons. The quantitative estimate of drug-likeness (QED) is 0.240. The molecule has 1 aliphatic heterocycles. The summed E-state index contributed by atoms with van der Waals surface area (Å²) in [6.07, 6.45) is 1.44. The van der Waals surface area contributed by atoms with Crippen LogP contribution in [0, 0.1) is 17.7 Å². The number of amides is 1. The molecule has 0 saturated heterocycles. The van der Waals surface area contributed by atoms with E-state index in [2.05, 4.69) is 28.5 Å². The van der Waals surface area contributed by atoms with Crippen LogP contribution in [0.25, 0.3) is 0 Å². The average Bonchev–Trinajstić information content (AvgIpc) is 3.26. The molecule has 1 unspecified atom stereocenters. The van der Waals surface area contributed by atoms with E-state index in [0.717, 1.165) is 45.6 Å². The molecular weight excluding hydrogens is 473 g/mol. The van der Waals surface area contributed by atoms with Gasteiger partial charge in [-0.3, -0.25) is 9.79 Å². The first-order chi connectivity index (χ1) is 18.6. The van der Waals surface area contributed by atoms with E-state index in [9.17, 15) is 9.18 Å². The molecule has 0 spiro atoms. The van der Waals surface area contributed by atoms with Crippen LogP contribution >= 0.6 is 0 Å². The zero-order valence-corrected chi connectivity index (χ0v) is 21.2. The molecule has 0 saturated carbocycles. The number of aryl methyl sites for hydroxylation is 2. The van der Waals surface area contributed by atoms with E-state index in [4.69, 9.17) is 4.99 Å². The minimum Gasteiger partial charge on any atom is -0.325 e. The van der Waals surface area contributed by atoms with Crippen molar-refractivity contribution in [2.24, 2.45) is 4.99 Å². The number of hydrogen-bond donors (Lipinski definition) is 2. The average molecular weight is 502 g/mol. The maximum atomic E-state index is 13.5. The number of carbonyl (C=O) groups is 1. The summed E-state index contributed by atoms with van der Waals surface area (Å²) < 4.78 is 13.4. The van der Waals surface area contributed by atoms with Crippen molar-refractivity contribution in [3.05, 3.63) is 131 Å². The summed E-state index contributed by atoms with van der Waals surface area (Å²) in [6, 6.07) is 30.2. The molecule has 0 fully saturated rings. The van der Waals surface area contributed by atoms with E-state index < -0.39 is 5.92 Å². The van der Waals surface area contributed by atoms with E-state index in [1.54, 1.807) is 0 Å². The summed E-state index contributed by atoms with van der Waals surface area (Å²) in [5.74, 6) is 5.50. The van der Waals surface area contributed by atoms with Gasteiger partial charge >= 0.3 is 0 Å². The number of nitrogens with one attached hydrogen (secondary N) is 2. The second-order valence-electron chi connectivity index (χ2n) is 9.18. The number of nitrogens with zero attached hydrogens (tertiary/aromatic N) is 1. The number of benzene rings is 4. The second-order valence-corrected chi connectivity index (χ2v) is 9.18. The highest BCUT2D eigenvalue weighted by Gasteiger charge is 2.36. The normalized spacial score (nSPS) is 14.4. The SMILES string of the molecule is CNCC#Cc1cc2c(cc1CCc1ccc(F)cc1)C(C(=Nc1ccccc1)c1ccccc1)C(=O)N2. The molecule has 0 bridgehead atoms. The first kappa shape index (κ1) is 25.1. The Morgan fingerprint density at radius 1 is 0.947 bits per heavy atom. The van der Waals surface area contributed by atoms with Crippen LogP contribution in [0.15, 0.2) is 102 Å². The van der Waals surface area contributed by atoms with Gasteiger partial charge in [0.1, 0.15) is 11.7 Å². The van der Waals surface area contributed by atoms with Gasteiger partial charge in [0, 0.05) is 11.3 Å². The fourth-order valence-electron chi connectivity index (χ4n) is 4.66. The molecule has 2 N–H and O–H groups in total. The van der Waals surface area contributed by atoms with Gasteiger partial charge in [-0.2, -0.15) is 0 Å². The van der Waals surface area contributed by atoms with Crippen molar-refractivity contribution in [3.8, 4) is 11.8 Å². The van der Waals surface area contributed by atoms with Gasteiger partial charge in [0.05, 0.1) is 17.9 Å². The summed E-state index contributed by atoms with van der Waals surface area (Å²) in [5.41, 5.74) is 7.01. The Kier molecular flexibility index (Phi) is 7.73. The summed E-state index contributed by atoms with van der Waals surface area (Å²) in [4.78, 5) is 18.4. The second kappa shape index (κ2) is 11.7. The number of hydrogen-bond acceptors (Lipinski definition) is 3. The minimum absolute atomic E-state index is 0.108. The Bertz CT molecular complexity index is 1520. The van der Waals surface area contributed by atoms with Gasteiger partial charge in [-0.05, 0) is 72.5 Å². The molecule has 4 aromatic carbocycles. The van der Waals surface area contributed by atoms with Gasteiger partial charge in [0.25, 0.3) is 0 Å². The van der Waals surface area contributed by atoms with E-state index in [1.165, 1.54) is 12.1 Å². The highest BCUT2D eigenvalue weighted by Crippen LogP contribution is 2.38. The van der Waals surface area contributed by atoms with E-state index in [0.29, 0.717) is 18.7 Å². The molecule has 38 heavy (non-hydrogen) atoms. The van der Waals surface area contributed by atoms with Crippen molar-refractivity contribution in [1.29, 1.82) is 0 Å². The van der Waals surface area contributed by atoms with Gasteiger partial charge in [0.2, 0.25) is 5.91 Å². The van der Waals surface area contributed by atoms with E-state index >= 15 is 0 Å². The Balaban J connectivity index is 1.58. The molecule has 1 aliphatic rings. The van der Waals surface area contributed by atoms with Crippen LogP contribution in [0.5, 0.6) is 0 Å².